The molecule has 2 rings (SSSR count). The quantitative estimate of drug-likeness (QED) is 0.864. The highest BCUT2D eigenvalue weighted by Crippen LogP contribution is 2.23. The molecule has 1 fully saturated rings. The van der Waals surface area contributed by atoms with Crippen LogP contribution in [0.3, 0.4) is 0 Å². The Hall–Kier alpha value is -0.910. The van der Waals surface area contributed by atoms with Crippen molar-refractivity contribution in [3.63, 3.8) is 0 Å². The Bertz CT molecular complexity index is 491. The van der Waals surface area contributed by atoms with Crippen molar-refractivity contribution in [2.24, 2.45) is 0 Å². The summed E-state index contributed by atoms with van der Waals surface area (Å²) in [6.07, 6.45) is 0. The van der Waals surface area contributed by atoms with E-state index >= 15 is 0 Å². The monoisotopic (exact) mass is 311 g/mol. The van der Waals surface area contributed by atoms with Crippen molar-refractivity contribution in [2.45, 2.75) is 32.7 Å². The highest BCUT2D eigenvalue weighted by Gasteiger charge is 2.22. The van der Waals surface area contributed by atoms with Crippen LogP contribution >= 0.6 is 11.6 Å². The third-order valence-electron chi connectivity index (χ3n) is 4.11. The second-order valence-electron chi connectivity index (χ2n) is 6.28. The van der Waals surface area contributed by atoms with Gasteiger partial charge in [-0.15, -0.1) is 0 Å². The van der Waals surface area contributed by atoms with Gasteiger partial charge in [0.2, 0.25) is 0 Å². The van der Waals surface area contributed by atoms with Crippen molar-refractivity contribution < 1.29 is 0 Å². The average molecular weight is 312 g/mol. The van der Waals surface area contributed by atoms with Gasteiger partial charge in [0.15, 0.2) is 0 Å². The summed E-state index contributed by atoms with van der Waals surface area (Å²) in [5.74, 6) is 1.93. The lowest BCUT2D eigenvalue weighted by molar-refractivity contribution is 0.122. The Morgan fingerprint density at radius 3 is 2.67 bits per heavy atom. The summed E-state index contributed by atoms with van der Waals surface area (Å²) in [7, 11) is 4.35. The third kappa shape index (κ3) is 4.05. The molecule has 21 heavy (non-hydrogen) atoms. The lowest BCUT2D eigenvalue weighted by Crippen LogP contribution is -2.52. The zero-order valence-corrected chi connectivity index (χ0v) is 14.4. The van der Waals surface area contributed by atoms with E-state index in [1.165, 1.54) is 0 Å². The lowest BCUT2D eigenvalue weighted by Gasteiger charge is -2.37. The molecule has 0 aromatic carbocycles. The van der Waals surface area contributed by atoms with Gasteiger partial charge in [-0.25, -0.2) is 9.97 Å². The number of nitrogens with one attached hydrogen (secondary N) is 1. The molecule has 1 atom stereocenters. The molecular weight excluding hydrogens is 286 g/mol. The number of aromatic nitrogens is 2. The van der Waals surface area contributed by atoms with Gasteiger partial charge in [-0.1, -0.05) is 25.4 Å². The van der Waals surface area contributed by atoms with Gasteiger partial charge < -0.3 is 10.2 Å². The molecule has 6 heteroatoms. The molecule has 0 radical (unpaired) electrons. The van der Waals surface area contributed by atoms with Gasteiger partial charge in [-0.05, 0) is 21.0 Å². The maximum absolute atomic E-state index is 6.23. The fourth-order valence-electron chi connectivity index (χ4n) is 2.47. The molecule has 1 unspecified atom stereocenters. The maximum atomic E-state index is 6.23. The largest absolute Gasteiger partial charge is 0.368 e. The predicted octanol–water partition coefficient (Wildman–Crippen LogP) is 2.22. The molecule has 1 aromatic heterocycles. The number of piperazine rings is 1. The summed E-state index contributed by atoms with van der Waals surface area (Å²) in [4.78, 5) is 13.7. The van der Waals surface area contributed by atoms with E-state index < -0.39 is 0 Å². The fourth-order valence-corrected chi connectivity index (χ4v) is 2.65. The number of rotatable bonds is 4. The summed E-state index contributed by atoms with van der Waals surface area (Å²) < 4.78 is 0. The standard InChI is InChI=1S/C15H26ClN5/c1-10(2)14-18-13(16)11(3)15(19-14)17-8-12-9-20(4)6-7-21(12)5/h10,12H,6-9H2,1-5H3,(H,17,18,19). The van der Waals surface area contributed by atoms with E-state index in [0.29, 0.717) is 11.2 Å². The van der Waals surface area contributed by atoms with E-state index in [4.69, 9.17) is 11.6 Å². The van der Waals surface area contributed by atoms with Crippen molar-refractivity contribution in [1.29, 1.82) is 0 Å². The van der Waals surface area contributed by atoms with Crippen LogP contribution in [0.1, 0.15) is 31.2 Å². The van der Waals surface area contributed by atoms with Crippen LogP contribution in [0, 0.1) is 6.92 Å². The van der Waals surface area contributed by atoms with Crippen molar-refractivity contribution >= 4 is 17.4 Å². The Morgan fingerprint density at radius 2 is 2.00 bits per heavy atom. The summed E-state index contributed by atoms with van der Waals surface area (Å²) >= 11 is 6.23. The lowest BCUT2D eigenvalue weighted by atomic mass is 10.1. The zero-order valence-electron chi connectivity index (χ0n) is 13.6. The average Bonchev–Trinajstić information content (AvgIpc) is 2.43. The normalized spacial score (nSPS) is 21.0. The minimum absolute atomic E-state index is 0.270. The molecular formula is C15H26ClN5. The molecule has 1 aliphatic heterocycles. The number of likely N-dealkylation sites (N-methyl/N-ethyl adjacent to an activating group) is 2. The molecule has 1 aliphatic rings. The molecule has 5 nitrogen and oxygen atoms in total. The number of anilines is 1. The van der Waals surface area contributed by atoms with Gasteiger partial charge in [0, 0.05) is 43.7 Å². The first-order valence-electron chi connectivity index (χ1n) is 7.55. The second kappa shape index (κ2) is 6.90. The van der Waals surface area contributed by atoms with E-state index in [-0.39, 0.29) is 5.92 Å². The number of halogens is 1. The first kappa shape index (κ1) is 16.5. The highest BCUT2D eigenvalue weighted by molar-refractivity contribution is 6.30. The van der Waals surface area contributed by atoms with Crippen LogP contribution < -0.4 is 5.32 Å². The van der Waals surface area contributed by atoms with Crippen LogP contribution in [-0.2, 0) is 0 Å². The maximum Gasteiger partial charge on any atom is 0.137 e. The zero-order chi connectivity index (χ0) is 15.6. The number of nitrogens with zero attached hydrogens (tertiary/aromatic N) is 4. The van der Waals surface area contributed by atoms with Crippen molar-refractivity contribution in [3.05, 3.63) is 16.5 Å². The summed E-state index contributed by atoms with van der Waals surface area (Å²) in [6.45, 7) is 10.3. The summed E-state index contributed by atoms with van der Waals surface area (Å²) in [5.41, 5.74) is 0.924. The van der Waals surface area contributed by atoms with Gasteiger partial charge in [-0.2, -0.15) is 0 Å². The van der Waals surface area contributed by atoms with Crippen LogP contribution in [0.15, 0.2) is 0 Å². The minimum Gasteiger partial charge on any atom is -0.368 e. The van der Waals surface area contributed by atoms with Crippen molar-refractivity contribution in [1.82, 2.24) is 19.8 Å². The molecule has 0 bridgehead atoms. The second-order valence-corrected chi connectivity index (χ2v) is 6.64. The van der Waals surface area contributed by atoms with E-state index in [0.717, 1.165) is 43.4 Å². The molecule has 1 aromatic rings. The molecule has 0 amide bonds. The molecule has 2 heterocycles. The third-order valence-corrected chi connectivity index (χ3v) is 4.47. The van der Waals surface area contributed by atoms with Gasteiger partial charge in [0.25, 0.3) is 0 Å². The van der Waals surface area contributed by atoms with Crippen LogP contribution in [-0.4, -0.2) is 66.1 Å². The summed E-state index contributed by atoms with van der Waals surface area (Å²) in [5, 5.41) is 4.01. The highest BCUT2D eigenvalue weighted by atomic mass is 35.5. The van der Waals surface area contributed by atoms with Gasteiger partial charge in [0.1, 0.15) is 16.8 Å². The van der Waals surface area contributed by atoms with E-state index in [9.17, 15) is 0 Å². The molecule has 1 saturated heterocycles. The fraction of sp³-hybridized carbons (Fsp3) is 0.733. The number of hydrogen-bond donors (Lipinski definition) is 1. The predicted molar refractivity (Wildman–Crippen MR) is 88.3 cm³/mol. The van der Waals surface area contributed by atoms with Crippen LogP contribution in [0.2, 0.25) is 5.15 Å². The van der Waals surface area contributed by atoms with Crippen molar-refractivity contribution in [3.8, 4) is 0 Å². The SMILES string of the molecule is Cc1c(Cl)nc(C(C)C)nc1NCC1CN(C)CCN1C. The molecule has 1 N–H and O–H groups in total. The van der Waals surface area contributed by atoms with E-state index in [1.54, 1.807) is 0 Å². The van der Waals surface area contributed by atoms with Crippen LogP contribution in [0.4, 0.5) is 5.82 Å². The smallest absolute Gasteiger partial charge is 0.137 e. The Labute approximate surface area is 132 Å². The van der Waals surface area contributed by atoms with Gasteiger partial charge in [0.05, 0.1) is 0 Å². The minimum atomic E-state index is 0.270. The number of hydrogen-bond acceptors (Lipinski definition) is 5. The van der Waals surface area contributed by atoms with Crippen molar-refractivity contribution in [2.75, 3.05) is 45.6 Å². The Balaban J connectivity index is 2.08. The Kier molecular flexibility index (Phi) is 5.41. The summed E-state index contributed by atoms with van der Waals surface area (Å²) in [6, 6.07) is 0.486. The van der Waals surface area contributed by atoms with E-state index in [2.05, 4.69) is 53.0 Å². The first-order valence-corrected chi connectivity index (χ1v) is 7.93. The topological polar surface area (TPSA) is 44.3 Å². The van der Waals surface area contributed by atoms with Crippen LogP contribution in [0.5, 0.6) is 0 Å². The molecule has 0 saturated carbocycles. The van der Waals surface area contributed by atoms with Gasteiger partial charge >= 0.3 is 0 Å². The molecule has 0 spiro atoms. The van der Waals surface area contributed by atoms with E-state index in [1.807, 2.05) is 6.92 Å². The van der Waals surface area contributed by atoms with Gasteiger partial charge in [-0.3, -0.25) is 4.90 Å². The Morgan fingerprint density at radius 1 is 1.29 bits per heavy atom. The van der Waals surface area contributed by atoms with Crippen LogP contribution in [0.25, 0.3) is 0 Å². The molecule has 118 valence electrons. The molecule has 0 aliphatic carbocycles. The first-order chi connectivity index (χ1) is 9.88.